The van der Waals surface area contributed by atoms with Gasteiger partial charge in [0.1, 0.15) is 11.3 Å². The number of nitrogen functional groups attached to an aromatic ring is 1. The molecule has 0 bridgehead atoms. The molecule has 0 radical (unpaired) electrons. The zero-order valence-corrected chi connectivity index (χ0v) is 23.6. The Morgan fingerprint density at radius 2 is 1.86 bits per heavy atom. The number of aromatic nitrogens is 4. The molecule has 5 aromatic rings. The Balaban J connectivity index is 1.43. The molecule has 1 aliphatic carbocycles. The van der Waals surface area contributed by atoms with Crippen LogP contribution in [-0.2, 0) is 19.8 Å². The Bertz CT molecular complexity index is 1750. The molecule has 6 rings (SSSR count). The zero-order valence-electron chi connectivity index (χ0n) is 23.6. The van der Waals surface area contributed by atoms with Crippen LogP contribution in [0.3, 0.4) is 0 Å². The molecular weight excluding hydrogens is 530 g/mol. The maximum absolute atomic E-state index is 12.7. The normalized spacial score (nSPS) is 14.8. The summed E-state index contributed by atoms with van der Waals surface area (Å²) in [5.41, 5.74) is 18.9. The van der Waals surface area contributed by atoms with Crippen molar-refractivity contribution < 1.29 is 14.3 Å². The summed E-state index contributed by atoms with van der Waals surface area (Å²) in [5, 5.41) is 2.90. The second-order valence-electron chi connectivity index (χ2n) is 10.6. The zero-order chi connectivity index (χ0) is 29.3. The minimum Gasteiger partial charge on any atom is -0.383 e. The van der Waals surface area contributed by atoms with Crippen LogP contribution in [-0.4, -0.2) is 52.4 Å². The minimum absolute atomic E-state index is 0.154. The molecule has 214 valence electrons. The molecular formula is C32H33N7O3. The average molecular weight is 564 g/mol. The lowest BCUT2D eigenvalue weighted by molar-refractivity contribution is -0.128. The molecule has 42 heavy (non-hydrogen) atoms. The van der Waals surface area contributed by atoms with E-state index in [0.29, 0.717) is 34.1 Å². The standard InChI is InChI=1S/C32H33N7O3/c1-41-19-27(42-2)31(40)36-22-7-3-6-20(18-22)25-13-14-26-30(37-25)39(29(38-26)24-8-4-17-35-28(24)33)23-11-9-21(10-12-23)32(34)15-5-16-32/h3-4,6-14,17-18,27H,5,15-16,19,34H2,1-2H3,(H2,33,35)(H,36,40). The number of anilines is 2. The first kappa shape index (κ1) is 27.5. The Hall–Kier alpha value is -4.64. The fraction of sp³-hybridized carbons (Fsp3) is 0.250. The van der Waals surface area contributed by atoms with Gasteiger partial charge in [-0.3, -0.25) is 9.36 Å². The summed E-state index contributed by atoms with van der Waals surface area (Å²) in [6.45, 7) is 0.154. The van der Waals surface area contributed by atoms with E-state index in [2.05, 4.69) is 34.6 Å². The molecule has 0 spiro atoms. The van der Waals surface area contributed by atoms with E-state index in [1.807, 2.05) is 53.1 Å². The van der Waals surface area contributed by atoms with E-state index in [1.54, 1.807) is 6.20 Å². The fourth-order valence-corrected chi connectivity index (χ4v) is 5.32. The molecule has 1 unspecified atom stereocenters. The Kier molecular flexibility index (Phi) is 7.42. The maximum atomic E-state index is 12.7. The number of benzene rings is 2. The van der Waals surface area contributed by atoms with Crippen LogP contribution in [0.15, 0.2) is 79.0 Å². The van der Waals surface area contributed by atoms with E-state index in [0.717, 1.165) is 41.8 Å². The average Bonchev–Trinajstić information content (AvgIpc) is 3.37. The molecule has 1 fully saturated rings. The van der Waals surface area contributed by atoms with Gasteiger partial charge in [-0.05, 0) is 73.4 Å². The molecule has 0 saturated heterocycles. The molecule has 10 heteroatoms. The highest BCUT2D eigenvalue weighted by atomic mass is 16.5. The lowest BCUT2D eigenvalue weighted by Gasteiger charge is -2.38. The maximum Gasteiger partial charge on any atom is 0.255 e. The second-order valence-corrected chi connectivity index (χ2v) is 10.6. The van der Waals surface area contributed by atoms with E-state index in [9.17, 15) is 4.79 Å². The van der Waals surface area contributed by atoms with E-state index < -0.39 is 6.10 Å². The highest BCUT2D eigenvalue weighted by Gasteiger charge is 2.34. The number of carbonyl (C=O) groups excluding carboxylic acids is 1. The lowest BCUT2D eigenvalue weighted by Crippen LogP contribution is -2.43. The molecule has 5 N–H and O–H groups in total. The highest BCUT2D eigenvalue weighted by Crippen LogP contribution is 2.39. The van der Waals surface area contributed by atoms with E-state index in [1.165, 1.54) is 14.2 Å². The summed E-state index contributed by atoms with van der Waals surface area (Å²) < 4.78 is 12.3. The molecule has 2 aromatic carbocycles. The van der Waals surface area contributed by atoms with Crippen molar-refractivity contribution in [1.82, 2.24) is 19.5 Å². The predicted octanol–water partition coefficient (Wildman–Crippen LogP) is 4.67. The second kappa shape index (κ2) is 11.3. The first-order valence-electron chi connectivity index (χ1n) is 13.8. The molecule has 1 saturated carbocycles. The summed E-state index contributed by atoms with van der Waals surface area (Å²) in [6, 6.07) is 23.4. The van der Waals surface area contributed by atoms with Gasteiger partial charge in [0.15, 0.2) is 17.6 Å². The van der Waals surface area contributed by atoms with Crippen molar-refractivity contribution in [2.24, 2.45) is 5.73 Å². The Morgan fingerprint density at radius 1 is 1.05 bits per heavy atom. The van der Waals surface area contributed by atoms with Crippen LogP contribution in [0.5, 0.6) is 0 Å². The third kappa shape index (κ3) is 5.11. The van der Waals surface area contributed by atoms with Crippen molar-refractivity contribution in [3.05, 3.63) is 84.6 Å². The summed E-state index contributed by atoms with van der Waals surface area (Å²) in [4.78, 5) is 26.9. The van der Waals surface area contributed by atoms with Gasteiger partial charge in [-0.2, -0.15) is 0 Å². The summed E-state index contributed by atoms with van der Waals surface area (Å²) in [6.07, 6.45) is 4.06. The monoisotopic (exact) mass is 563 g/mol. The number of fused-ring (bicyclic) bond motifs is 1. The number of imidazole rings is 1. The molecule has 0 aliphatic heterocycles. The summed E-state index contributed by atoms with van der Waals surface area (Å²) >= 11 is 0. The van der Waals surface area contributed by atoms with Gasteiger partial charge in [0.25, 0.3) is 5.91 Å². The fourth-order valence-electron chi connectivity index (χ4n) is 5.32. The third-order valence-corrected chi connectivity index (χ3v) is 7.85. The Labute approximate surface area is 243 Å². The number of hydrogen-bond donors (Lipinski definition) is 3. The number of rotatable bonds is 9. The number of methoxy groups -OCH3 is 2. The van der Waals surface area contributed by atoms with Gasteiger partial charge in [-0.1, -0.05) is 24.3 Å². The number of ether oxygens (including phenoxy) is 2. The molecule has 1 amide bonds. The van der Waals surface area contributed by atoms with Gasteiger partial charge in [0.2, 0.25) is 0 Å². The van der Waals surface area contributed by atoms with E-state index in [-0.39, 0.29) is 18.1 Å². The van der Waals surface area contributed by atoms with Crippen LogP contribution in [0.4, 0.5) is 11.5 Å². The number of pyridine rings is 2. The van der Waals surface area contributed by atoms with Gasteiger partial charge in [0, 0.05) is 42.9 Å². The molecule has 1 atom stereocenters. The topological polar surface area (TPSA) is 143 Å². The van der Waals surface area contributed by atoms with Crippen molar-refractivity contribution in [3.63, 3.8) is 0 Å². The van der Waals surface area contributed by atoms with Gasteiger partial charge in [-0.25, -0.2) is 15.0 Å². The Morgan fingerprint density at radius 3 is 2.55 bits per heavy atom. The minimum atomic E-state index is -0.717. The predicted molar refractivity (Wildman–Crippen MR) is 163 cm³/mol. The van der Waals surface area contributed by atoms with Crippen LogP contribution in [0.2, 0.25) is 0 Å². The number of nitrogens with two attached hydrogens (primary N) is 2. The van der Waals surface area contributed by atoms with Crippen molar-refractivity contribution in [2.75, 3.05) is 31.9 Å². The van der Waals surface area contributed by atoms with Crippen LogP contribution in [0.1, 0.15) is 24.8 Å². The molecule has 10 nitrogen and oxygen atoms in total. The van der Waals surface area contributed by atoms with Gasteiger partial charge < -0.3 is 26.3 Å². The SMILES string of the molecule is COCC(OC)C(=O)Nc1cccc(-c2ccc3nc(-c4cccnc4N)n(-c4ccc(C5(N)CCC5)cc4)c3n2)c1. The van der Waals surface area contributed by atoms with Gasteiger partial charge in [0.05, 0.1) is 17.9 Å². The molecule has 3 aromatic heterocycles. The molecule has 3 heterocycles. The summed E-state index contributed by atoms with van der Waals surface area (Å²) in [7, 11) is 3.00. The molecule has 1 aliphatic rings. The number of amides is 1. The largest absolute Gasteiger partial charge is 0.383 e. The third-order valence-electron chi connectivity index (χ3n) is 7.85. The number of nitrogens with one attached hydrogen (secondary N) is 1. The van der Waals surface area contributed by atoms with Crippen molar-refractivity contribution >= 4 is 28.6 Å². The van der Waals surface area contributed by atoms with Crippen molar-refractivity contribution in [2.45, 2.75) is 30.9 Å². The van der Waals surface area contributed by atoms with Crippen LogP contribution >= 0.6 is 0 Å². The highest BCUT2D eigenvalue weighted by molar-refractivity contribution is 5.95. The number of carbonyl (C=O) groups is 1. The van der Waals surface area contributed by atoms with Crippen LogP contribution < -0.4 is 16.8 Å². The number of nitrogens with zero attached hydrogens (tertiary/aromatic N) is 4. The van der Waals surface area contributed by atoms with Crippen LogP contribution in [0.25, 0.3) is 39.5 Å². The van der Waals surface area contributed by atoms with Gasteiger partial charge >= 0.3 is 0 Å². The first-order chi connectivity index (χ1) is 20.4. The van der Waals surface area contributed by atoms with E-state index in [4.69, 9.17) is 30.9 Å². The van der Waals surface area contributed by atoms with Crippen molar-refractivity contribution in [1.29, 1.82) is 0 Å². The van der Waals surface area contributed by atoms with Gasteiger partial charge in [-0.15, -0.1) is 0 Å². The lowest BCUT2D eigenvalue weighted by atomic mass is 9.73. The summed E-state index contributed by atoms with van der Waals surface area (Å²) in [5.74, 6) is 0.734. The first-order valence-corrected chi connectivity index (χ1v) is 13.8. The van der Waals surface area contributed by atoms with Crippen molar-refractivity contribution in [3.8, 4) is 28.3 Å². The van der Waals surface area contributed by atoms with E-state index >= 15 is 0 Å². The number of hydrogen-bond acceptors (Lipinski definition) is 8. The smallest absolute Gasteiger partial charge is 0.255 e. The van der Waals surface area contributed by atoms with Crippen LogP contribution in [0, 0.1) is 0 Å². The quantitative estimate of drug-likeness (QED) is 0.235.